The first-order valence-corrected chi connectivity index (χ1v) is 7.60. The zero-order valence-electron chi connectivity index (χ0n) is 13.2. The summed E-state index contributed by atoms with van der Waals surface area (Å²) in [6, 6.07) is 0. The van der Waals surface area contributed by atoms with Crippen LogP contribution in [0.1, 0.15) is 30.6 Å². The molecule has 1 saturated heterocycles. The van der Waals surface area contributed by atoms with Gasteiger partial charge in [-0.05, 0) is 19.4 Å². The Morgan fingerprint density at radius 1 is 1.24 bits per heavy atom. The van der Waals surface area contributed by atoms with Gasteiger partial charge < -0.3 is 15.1 Å². The average molecular weight is 291 g/mol. The smallest absolute Gasteiger partial charge is 0.257 e. The summed E-state index contributed by atoms with van der Waals surface area (Å²) in [7, 11) is 2.07. The summed E-state index contributed by atoms with van der Waals surface area (Å²) < 4.78 is 0. The van der Waals surface area contributed by atoms with Gasteiger partial charge in [0.25, 0.3) is 5.91 Å². The molecule has 0 atom stereocenters. The number of hydrogen-bond donors (Lipinski definition) is 1. The van der Waals surface area contributed by atoms with Crippen molar-refractivity contribution in [3.05, 3.63) is 18.0 Å². The van der Waals surface area contributed by atoms with Gasteiger partial charge in [-0.1, -0.05) is 13.8 Å². The van der Waals surface area contributed by atoms with Crippen LogP contribution in [0, 0.1) is 5.92 Å². The van der Waals surface area contributed by atoms with Crippen LogP contribution in [0.3, 0.4) is 0 Å². The number of nitrogens with zero attached hydrogens (tertiary/aromatic N) is 4. The van der Waals surface area contributed by atoms with Crippen LogP contribution in [0.4, 0.5) is 5.95 Å². The molecule has 116 valence electrons. The van der Waals surface area contributed by atoms with E-state index >= 15 is 0 Å². The van der Waals surface area contributed by atoms with Gasteiger partial charge in [-0.2, -0.15) is 0 Å². The number of hydrogen-bond acceptors (Lipinski definition) is 5. The van der Waals surface area contributed by atoms with E-state index in [4.69, 9.17) is 0 Å². The van der Waals surface area contributed by atoms with Crippen LogP contribution in [0.2, 0.25) is 0 Å². The number of rotatable bonds is 5. The van der Waals surface area contributed by atoms with Gasteiger partial charge in [0.2, 0.25) is 5.95 Å². The summed E-state index contributed by atoms with van der Waals surface area (Å²) in [6.45, 7) is 8.58. The molecule has 0 bridgehead atoms. The molecule has 1 aliphatic heterocycles. The lowest BCUT2D eigenvalue weighted by Crippen LogP contribution is -2.47. The van der Waals surface area contributed by atoms with Crippen molar-refractivity contribution >= 4 is 11.9 Å². The van der Waals surface area contributed by atoms with Gasteiger partial charge in [-0.25, -0.2) is 9.97 Å². The Balaban J connectivity index is 1.87. The maximum atomic E-state index is 12.3. The number of aromatic nitrogens is 2. The summed E-state index contributed by atoms with van der Waals surface area (Å²) >= 11 is 0. The topological polar surface area (TPSA) is 61.4 Å². The molecule has 6 nitrogen and oxygen atoms in total. The molecular formula is C15H25N5O. The third-order valence-electron chi connectivity index (χ3n) is 3.69. The highest BCUT2D eigenvalue weighted by Gasteiger charge is 2.20. The van der Waals surface area contributed by atoms with Crippen molar-refractivity contribution in [1.29, 1.82) is 0 Å². The zero-order chi connectivity index (χ0) is 15.2. The standard InChI is InChI=1S/C15H25N5O/c1-12(2)4-5-16-15-17-10-13(11-18-15)14(21)20-8-6-19(3)7-9-20/h10-12H,4-9H2,1-3H3,(H,16,17,18). The lowest BCUT2D eigenvalue weighted by atomic mass is 10.1. The van der Waals surface area contributed by atoms with E-state index in [1.165, 1.54) is 0 Å². The molecule has 0 aliphatic carbocycles. The van der Waals surface area contributed by atoms with Gasteiger partial charge in [0.15, 0.2) is 0 Å². The molecule has 21 heavy (non-hydrogen) atoms. The van der Waals surface area contributed by atoms with Crippen LogP contribution >= 0.6 is 0 Å². The Hall–Kier alpha value is -1.69. The fourth-order valence-electron chi connectivity index (χ4n) is 2.19. The third kappa shape index (κ3) is 4.67. The van der Waals surface area contributed by atoms with Gasteiger partial charge in [0.05, 0.1) is 5.56 Å². The van der Waals surface area contributed by atoms with E-state index in [9.17, 15) is 4.79 Å². The number of likely N-dealkylation sites (N-methyl/N-ethyl adjacent to an activating group) is 1. The van der Waals surface area contributed by atoms with E-state index in [0.29, 0.717) is 17.4 Å². The second-order valence-corrected chi connectivity index (χ2v) is 6.00. The van der Waals surface area contributed by atoms with Gasteiger partial charge in [0, 0.05) is 45.1 Å². The Kier molecular flexibility index (Phi) is 5.50. The second-order valence-electron chi connectivity index (χ2n) is 6.00. The first-order valence-electron chi connectivity index (χ1n) is 7.60. The molecule has 0 spiro atoms. The van der Waals surface area contributed by atoms with Crippen LogP contribution in [-0.4, -0.2) is 65.4 Å². The minimum absolute atomic E-state index is 0.0248. The van der Waals surface area contributed by atoms with Crippen LogP contribution in [0.5, 0.6) is 0 Å². The maximum absolute atomic E-state index is 12.3. The molecule has 0 radical (unpaired) electrons. The van der Waals surface area contributed by atoms with Crippen molar-refractivity contribution in [3.8, 4) is 0 Å². The highest BCUT2D eigenvalue weighted by atomic mass is 16.2. The summed E-state index contributed by atoms with van der Waals surface area (Å²) in [6.07, 6.45) is 4.31. The van der Waals surface area contributed by atoms with Crippen LogP contribution < -0.4 is 5.32 Å². The summed E-state index contributed by atoms with van der Waals surface area (Å²) in [5.41, 5.74) is 0.564. The van der Waals surface area contributed by atoms with Crippen molar-refractivity contribution in [3.63, 3.8) is 0 Å². The number of amides is 1. The SMILES string of the molecule is CC(C)CCNc1ncc(C(=O)N2CCN(C)CC2)cn1. The van der Waals surface area contributed by atoms with Gasteiger partial charge in [-0.15, -0.1) is 0 Å². The zero-order valence-corrected chi connectivity index (χ0v) is 13.2. The Morgan fingerprint density at radius 3 is 2.43 bits per heavy atom. The largest absolute Gasteiger partial charge is 0.354 e. The van der Waals surface area contributed by atoms with Crippen molar-refractivity contribution in [1.82, 2.24) is 19.8 Å². The van der Waals surface area contributed by atoms with E-state index < -0.39 is 0 Å². The molecule has 1 amide bonds. The highest BCUT2D eigenvalue weighted by Crippen LogP contribution is 2.08. The third-order valence-corrected chi connectivity index (χ3v) is 3.69. The van der Waals surface area contributed by atoms with E-state index in [1.807, 2.05) is 4.90 Å². The number of nitrogens with one attached hydrogen (secondary N) is 1. The fraction of sp³-hybridized carbons (Fsp3) is 0.667. The molecule has 1 fully saturated rings. The summed E-state index contributed by atoms with van der Waals surface area (Å²) in [5, 5.41) is 3.17. The number of piperazine rings is 1. The van der Waals surface area contributed by atoms with Crippen molar-refractivity contribution in [2.75, 3.05) is 45.1 Å². The molecular weight excluding hydrogens is 266 g/mol. The van der Waals surface area contributed by atoms with E-state index in [-0.39, 0.29) is 5.91 Å². The van der Waals surface area contributed by atoms with Gasteiger partial charge in [0.1, 0.15) is 0 Å². The van der Waals surface area contributed by atoms with Crippen molar-refractivity contribution in [2.24, 2.45) is 5.92 Å². The van der Waals surface area contributed by atoms with Crippen LogP contribution in [0.25, 0.3) is 0 Å². The van der Waals surface area contributed by atoms with E-state index in [0.717, 1.165) is 39.1 Å². The Labute approximate surface area is 126 Å². The molecule has 1 aromatic heterocycles. The number of anilines is 1. The lowest BCUT2D eigenvalue weighted by Gasteiger charge is -2.32. The van der Waals surface area contributed by atoms with Gasteiger partial charge in [-0.3, -0.25) is 4.79 Å². The average Bonchev–Trinajstić information content (AvgIpc) is 2.48. The van der Waals surface area contributed by atoms with Crippen LogP contribution in [-0.2, 0) is 0 Å². The Bertz CT molecular complexity index is 452. The van der Waals surface area contributed by atoms with E-state index in [1.54, 1.807) is 12.4 Å². The Morgan fingerprint density at radius 2 is 1.86 bits per heavy atom. The van der Waals surface area contributed by atoms with E-state index in [2.05, 4.69) is 41.1 Å². The van der Waals surface area contributed by atoms with Crippen molar-refractivity contribution in [2.45, 2.75) is 20.3 Å². The number of carbonyl (C=O) groups excluding carboxylic acids is 1. The summed E-state index contributed by atoms with van der Waals surface area (Å²) in [5.74, 6) is 1.26. The normalized spacial score (nSPS) is 16.3. The minimum atomic E-state index is 0.0248. The molecule has 1 N–H and O–H groups in total. The number of carbonyl (C=O) groups is 1. The van der Waals surface area contributed by atoms with Gasteiger partial charge >= 0.3 is 0 Å². The summed E-state index contributed by atoms with van der Waals surface area (Å²) in [4.78, 5) is 24.9. The molecule has 6 heteroatoms. The molecule has 1 aliphatic rings. The molecule has 0 unspecified atom stereocenters. The lowest BCUT2D eigenvalue weighted by molar-refractivity contribution is 0.0663. The first kappa shape index (κ1) is 15.7. The predicted molar refractivity (Wildman–Crippen MR) is 83.4 cm³/mol. The molecule has 2 rings (SSSR count). The molecule has 0 aromatic carbocycles. The molecule has 1 aromatic rings. The fourth-order valence-corrected chi connectivity index (χ4v) is 2.19. The highest BCUT2D eigenvalue weighted by molar-refractivity contribution is 5.93. The molecule has 0 saturated carbocycles. The van der Waals surface area contributed by atoms with Crippen LogP contribution in [0.15, 0.2) is 12.4 Å². The first-order chi connectivity index (χ1) is 10.1. The molecule has 2 heterocycles. The monoisotopic (exact) mass is 291 g/mol. The second kappa shape index (κ2) is 7.36. The quantitative estimate of drug-likeness (QED) is 0.886. The maximum Gasteiger partial charge on any atom is 0.257 e. The van der Waals surface area contributed by atoms with Crippen molar-refractivity contribution < 1.29 is 4.79 Å². The predicted octanol–water partition coefficient (Wildman–Crippen LogP) is 1.32. The minimum Gasteiger partial charge on any atom is -0.354 e.